The van der Waals surface area contributed by atoms with Gasteiger partial charge in [0.15, 0.2) is 0 Å². The monoisotopic (exact) mass is 239 g/mol. The van der Waals surface area contributed by atoms with Gasteiger partial charge in [-0.3, -0.25) is 0 Å². The van der Waals surface area contributed by atoms with Crippen LogP contribution in [-0.4, -0.2) is 10.1 Å². The Labute approximate surface area is 105 Å². The lowest BCUT2D eigenvalue weighted by Crippen LogP contribution is -1.77. The number of aromatic hydroxyl groups is 1. The summed E-state index contributed by atoms with van der Waals surface area (Å²) < 4.78 is 5.11. The van der Waals surface area contributed by atoms with E-state index in [2.05, 4.69) is 11.1 Å². The summed E-state index contributed by atoms with van der Waals surface area (Å²) in [6, 6.07) is 11.2. The first-order valence-corrected chi connectivity index (χ1v) is 5.75. The third-order valence-electron chi connectivity index (χ3n) is 3.03. The number of aryl methyl sites for hydroxylation is 1. The first-order valence-electron chi connectivity index (χ1n) is 5.75. The van der Waals surface area contributed by atoms with Crippen LogP contribution in [0, 0.1) is 6.92 Å². The average molecular weight is 239 g/mol. The van der Waals surface area contributed by atoms with Crippen LogP contribution in [0.25, 0.3) is 22.4 Å². The predicted octanol–water partition coefficient (Wildman–Crippen LogP) is 3.96. The molecule has 2 aromatic heterocycles. The van der Waals surface area contributed by atoms with E-state index >= 15 is 0 Å². The van der Waals surface area contributed by atoms with Gasteiger partial charge in [-0.05, 0) is 48.9 Å². The minimum absolute atomic E-state index is 0.275. The zero-order chi connectivity index (χ0) is 12.5. The van der Waals surface area contributed by atoms with Crippen LogP contribution in [0.2, 0.25) is 0 Å². The van der Waals surface area contributed by atoms with Crippen molar-refractivity contribution in [2.45, 2.75) is 6.92 Å². The maximum Gasteiger partial charge on any atom is 0.115 e. The summed E-state index contributed by atoms with van der Waals surface area (Å²) >= 11 is 0. The van der Waals surface area contributed by atoms with E-state index in [1.807, 2.05) is 25.1 Å². The molecule has 0 aliphatic rings. The fourth-order valence-corrected chi connectivity index (χ4v) is 2.07. The number of nitrogens with one attached hydrogen (secondary N) is 1. The van der Waals surface area contributed by atoms with E-state index in [9.17, 15) is 5.11 Å². The molecule has 0 aliphatic heterocycles. The third kappa shape index (κ3) is 1.80. The van der Waals surface area contributed by atoms with Gasteiger partial charge in [-0.1, -0.05) is 0 Å². The van der Waals surface area contributed by atoms with Crippen molar-refractivity contribution in [2.75, 3.05) is 0 Å². The summed E-state index contributed by atoms with van der Waals surface area (Å²) in [5.41, 5.74) is 5.37. The fraction of sp³-hybridized carbons (Fsp3) is 0.0667. The molecule has 0 amide bonds. The molecule has 0 saturated heterocycles. The standard InChI is InChI=1S/C15H13NO2/c1-10-14(12-6-7-18-9-12)8-15(16-10)11-2-4-13(17)5-3-11/h2-9,16-17H,1H3. The summed E-state index contributed by atoms with van der Waals surface area (Å²) in [6.45, 7) is 2.03. The molecule has 2 heterocycles. The Bertz CT molecular complexity index is 648. The van der Waals surface area contributed by atoms with Crippen LogP contribution >= 0.6 is 0 Å². The largest absolute Gasteiger partial charge is 0.508 e. The normalized spacial score (nSPS) is 10.7. The second-order valence-corrected chi connectivity index (χ2v) is 4.28. The lowest BCUT2D eigenvalue weighted by Gasteiger charge is -1.97. The van der Waals surface area contributed by atoms with Gasteiger partial charge in [0.05, 0.1) is 12.5 Å². The number of hydrogen-bond donors (Lipinski definition) is 2. The molecule has 3 aromatic rings. The van der Waals surface area contributed by atoms with Crippen LogP contribution in [0.3, 0.4) is 0 Å². The average Bonchev–Trinajstić information content (AvgIpc) is 2.99. The number of hydrogen-bond acceptors (Lipinski definition) is 2. The highest BCUT2D eigenvalue weighted by Crippen LogP contribution is 2.30. The maximum atomic E-state index is 9.29. The van der Waals surface area contributed by atoms with Crippen LogP contribution < -0.4 is 0 Å². The molecular weight excluding hydrogens is 226 g/mol. The molecule has 2 N–H and O–H groups in total. The molecule has 3 nitrogen and oxygen atoms in total. The lowest BCUT2D eigenvalue weighted by atomic mass is 10.1. The SMILES string of the molecule is Cc1[nH]c(-c2ccc(O)cc2)cc1-c1ccoc1. The van der Waals surface area contributed by atoms with Gasteiger partial charge in [-0.25, -0.2) is 0 Å². The molecule has 3 heteroatoms. The lowest BCUT2D eigenvalue weighted by molar-refractivity contribution is 0.475. The van der Waals surface area contributed by atoms with Crippen molar-refractivity contribution in [1.82, 2.24) is 4.98 Å². The van der Waals surface area contributed by atoms with Gasteiger partial charge in [0, 0.05) is 22.5 Å². The summed E-state index contributed by atoms with van der Waals surface area (Å²) in [5, 5.41) is 9.29. The Morgan fingerprint density at radius 2 is 1.83 bits per heavy atom. The molecule has 3 rings (SSSR count). The van der Waals surface area contributed by atoms with Crippen LogP contribution in [0.5, 0.6) is 5.75 Å². The summed E-state index contributed by atoms with van der Waals surface area (Å²) in [5.74, 6) is 0.275. The van der Waals surface area contributed by atoms with E-state index in [1.165, 1.54) is 0 Å². The van der Waals surface area contributed by atoms with Gasteiger partial charge < -0.3 is 14.5 Å². The Morgan fingerprint density at radius 3 is 2.50 bits per heavy atom. The molecule has 0 bridgehead atoms. The maximum absolute atomic E-state index is 9.29. The quantitative estimate of drug-likeness (QED) is 0.711. The van der Waals surface area contributed by atoms with Gasteiger partial charge >= 0.3 is 0 Å². The Balaban J connectivity index is 2.05. The van der Waals surface area contributed by atoms with Crippen molar-refractivity contribution in [3.8, 4) is 28.1 Å². The molecule has 0 spiro atoms. The van der Waals surface area contributed by atoms with Gasteiger partial charge in [-0.2, -0.15) is 0 Å². The second-order valence-electron chi connectivity index (χ2n) is 4.28. The van der Waals surface area contributed by atoms with Crippen molar-refractivity contribution < 1.29 is 9.52 Å². The van der Waals surface area contributed by atoms with E-state index in [1.54, 1.807) is 24.7 Å². The topological polar surface area (TPSA) is 49.2 Å². The first kappa shape index (κ1) is 10.7. The van der Waals surface area contributed by atoms with Crippen molar-refractivity contribution in [3.63, 3.8) is 0 Å². The molecule has 0 atom stereocenters. The van der Waals surface area contributed by atoms with Gasteiger partial charge in [-0.15, -0.1) is 0 Å². The van der Waals surface area contributed by atoms with E-state index in [0.717, 1.165) is 28.1 Å². The number of aromatic nitrogens is 1. The third-order valence-corrected chi connectivity index (χ3v) is 3.03. The van der Waals surface area contributed by atoms with E-state index < -0.39 is 0 Å². The number of aromatic amines is 1. The molecule has 1 aromatic carbocycles. The highest BCUT2D eigenvalue weighted by Gasteiger charge is 2.09. The molecule has 90 valence electrons. The zero-order valence-electron chi connectivity index (χ0n) is 9.97. The summed E-state index contributed by atoms with van der Waals surface area (Å²) in [6.07, 6.45) is 3.40. The molecule has 0 aliphatic carbocycles. The van der Waals surface area contributed by atoms with E-state index in [-0.39, 0.29) is 5.75 Å². The smallest absolute Gasteiger partial charge is 0.115 e. The molecule has 0 fully saturated rings. The zero-order valence-corrected chi connectivity index (χ0v) is 9.97. The highest BCUT2D eigenvalue weighted by atomic mass is 16.3. The molecule has 0 unspecified atom stereocenters. The van der Waals surface area contributed by atoms with Crippen molar-refractivity contribution in [2.24, 2.45) is 0 Å². The Kier molecular flexibility index (Phi) is 2.45. The van der Waals surface area contributed by atoms with Crippen LogP contribution in [0.1, 0.15) is 5.69 Å². The van der Waals surface area contributed by atoms with Gasteiger partial charge in [0.25, 0.3) is 0 Å². The molecule has 18 heavy (non-hydrogen) atoms. The Hall–Kier alpha value is -2.42. The predicted molar refractivity (Wildman–Crippen MR) is 70.3 cm³/mol. The Morgan fingerprint density at radius 1 is 1.06 bits per heavy atom. The van der Waals surface area contributed by atoms with Crippen LogP contribution in [0.15, 0.2) is 53.3 Å². The number of benzene rings is 1. The minimum atomic E-state index is 0.275. The summed E-state index contributed by atoms with van der Waals surface area (Å²) in [4.78, 5) is 3.35. The fourth-order valence-electron chi connectivity index (χ4n) is 2.07. The van der Waals surface area contributed by atoms with Gasteiger partial charge in [0.1, 0.15) is 5.75 Å². The number of phenols is 1. The summed E-state index contributed by atoms with van der Waals surface area (Å²) in [7, 11) is 0. The number of H-pyrrole nitrogens is 1. The van der Waals surface area contributed by atoms with E-state index in [0.29, 0.717) is 0 Å². The number of phenolic OH excluding ortho intramolecular Hbond substituents is 1. The second kappa shape index (κ2) is 4.11. The van der Waals surface area contributed by atoms with Crippen molar-refractivity contribution in [3.05, 3.63) is 54.6 Å². The number of rotatable bonds is 2. The first-order chi connectivity index (χ1) is 8.74. The van der Waals surface area contributed by atoms with Crippen LogP contribution in [-0.2, 0) is 0 Å². The van der Waals surface area contributed by atoms with Crippen molar-refractivity contribution in [1.29, 1.82) is 0 Å². The molecular formula is C15H13NO2. The molecule has 0 saturated carbocycles. The van der Waals surface area contributed by atoms with Crippen molar-refractivity contribution >= 4 is 0 Å². The number of furan rings is 1. The van der Waals surface area contributed by atoms with E-state index in [4.69, 9.17) is 4.42 Å². The minimum Gasteiger partial charge on any atom is -0.508 e. The van der Waals surface area contributed by atoms with Gasteiger partial charge in [0.2, 0.25) is 0 Å². The van der Waals surface area contributed by atoms with Crippen LogP contribution in [0.4, 0.5) is 0 Å². The molecule has 0 radical (unpaired) electrons. The highest BCUT2D eigenvalue weighted by molar-refractivity contribution is 5.73.